The van der Waals surface area contributed by atoms with Crippen molar-refractivity contribution < 1.29 is 4.74 Å². The number of ether oxygens (including phenoxy) is 1. The average Bonchev–Trinajstić information content (AvgIpc) is 3.15. The molecule has 2 aliphatic carbocycles. The van der Waals surface area contributed by atoms with Crippen molar-refractivity contribution in [3.63, 3.8) is 0 Å². The van der Waals surface area contributed by atoms with Crippen LogP contribution in [0.1, 0.15) is 58.3 Å². The van der Waals surface area contributed by atoms with Crippen molar-refractivity contribution in [2.45, 2.75) is 70.4 Å². The van der Waals surface area contributed by atoms with Crippen LogP contribution in [0.5, 0.6) is 0 Å². The molecule has 0 aliphatic heterocycles. The lowest BCUT2D eigenvalue weighted by Crippen LogP contribution is -2.44. The van der Waals surface area contributed by atoms with Gasteiger partial charge in [-0.3, -0.25) is 0 Å². The molecule has 0 heterocycles. The van der Waals surface area contributed by atoms with Crippen molar-refractivity contribution >= 4 is 0 Å². The van der Waals surface area contributed by atoms with Gasteiger partial charge in [-0.1, -0.05) is 25.7 Å². The van der Waals surface area contributed by atoms with E-state index in [2.05, 4.69) is 12.2 Å². The molecule has 0 saturated heterocycles. The second kappa shape index (κ2) is 6.75. The second-order valence-electron chi connectivity index (χ2n) is 6.11. The Morgan fingerprint density at radius 2 is 1.65 bits per heavy atom. The van der Waals surface area contributed by atoms with Crippen LogP contribution >= 0.6 is 0 Å². The van der Waals surface area contributed by atoms with Gasteiger partial charge >= 0.3 is 0 Å². The number of rotatable bonds is 6. The first-order valence-electron chi connectivity index (χ1n) is 7.56. The second-order valence-corrected chi connectivity index (χ2v) is 6.11. The van der Waals surface area contributed by atoms with E-state index < -0.39 is 0 Å². The van der Waals surface area contributed by atoms with Crippen LogP contribution in [0, 0.1) is 11.8 Å². The first kappa shape index (κ1) is 13.4. The lowest BCUT2D eigenvalue weighted by atomic mass is 9.92. The number of methoxy groups -OCH3 is 1. The van der Waals surface area contributed by atoms with E-state index in [0.29, 0.717) is 12.1 Å². The fraction of sp³-hybridized carbons (Fsp3) is 1.00. The van der Waals surface area contributed by atoms with Gasteiger partial charge in [-0.2, -0.15) is 0 Å². The molecule has 0 aromatic rings. The molecule has 0 aromatic heterocycles. The minimum absolute atomic E-state index is 0.609. The number of hydrogen-bond acceptors (Lipinski definition) is 2. The summed E-state index contributed by atoms with van der Waals surface area (Å²) in [6, 6.07) is 1.28. The van der Waals surface area contributed by atoms with Gasteiger partial charge < -0.3 is 10.1 Å². The molecule has 17 heavy (non-hydrogen) atoms. The van der Waals surface area contributed by atoms with Crippen molar-refractivity contribution in [3.8, 4) is 0 Å². The van der Waals surface area contributed by atoms with Gasteiger partial charge in [-0.25, -0.2) is 0 Å². The van der Waals surface area contributed by atoms with E-state index >= 15 is 0 Å². The zero-order valence-corrected chi connectivity index (χ0v) is 11.6. The molecule has 0 spiro atoms. The minimum Gasteiger partial charge on any atom is -0.383 e. The zero-order valence-electron chi connectivity index (χ0n) is 11.6. The maximum atomic E-state index is 5.36. The largest absolute Gasteiger partial charge is 0.383 e. The molecule has 2 nitrogen and oxygen atoms in total. The zero-order chi connectivity index (χ0) is 12.1. The van der Waals surface area contributed by atoms with Gasteiger partial charge in [0.2, 0.25) is 0 Å². The highest BCUT2D eigenvalue weighted by Crippen LogP contribution is 2.34. The highest BCUT2D eigenvalue weighted by atomic mass is 16.5. The molecule has 0 bridgehead atoms. The Balaban J connectivity index is 1.78. The first-order valence-corrected chi connectivity index (χ1v) is 7.56. The summed E-state index contributed by atoms with van der Waals surface area (Å²) in [5.74, 6) is 1.79. The Kier molecular flexibility index (Phi) is 5.30. The Labute approximate surface area is 107 Å². The van der Waals surface area contributed by atoms with E-state index in [1.165, 1.54) is 51.4 Å². The Morgan fingerprint density at radius 3 is 2.18 bits per heavy atom. The average molecular weight is 239 g/mol. The number of hydrogen-bond donors (Lipinski definition) is 1. The molecule has 1 N–H and O–H groups in total. The SMILES string of the molecule is COCC(N[C@H](C)C1CCCCCC1)C1CC1. The molecule has 100 valence electrons. The van der Waals surface area contributed by atoms with Gasteiger partial charge in [0.05, 0.1) is 6.61 Å². The first-order chi connectivity index (χ1) is 8.31. The molecule has 0 radical (unpaired) electrons. The van der Waals surface area contributed by atoms with Crippen molar-refractivity contribution in [3.05, 3.63) is 0 Å². The van der Waals surface area contributed by atoms with Gasteiger partial charge in [0.25, 0.3) is 0 Å². The maximum absolute atomic E-state index is 5.36. The predicted molar refractivity (Wildman–Crippen MR) is 72.2 cm³/mol. The minimum atomic E-state index is 0.609. The smallest absolute Gasteiger partial charge is 0.0618 e. The summed E-state index contributed by atoms with van der Waals surface area (Å²) >= 11 is 0. The third-order valence-corrected chi connectivity index (χ3v) is 4.62. The Bertz CT molecular complexity index is 207. The summed E-state index contributed by atoms with van der Waals surface area (Å²) < 4.78 is 5.36. The maximum Gasteiger partial charge on any atom is 0.0618 e. The van der Waals surface area contributed by atoms with E-state index in [0.717, 1.165) is 18.4 Å². The molecule has 2 atom stereocenters. The summed E-state index contributed by atoms with van der Waals surface area (Å²) in [5, 5.41) is 3.85. The fourth-order valence-electron chi connectivity index (χ4n) is 3.28. The van der Waals surface area contributed by atoms with Crippen LogP contribution in [0.3, 0.4) is 0 Å². The summed E-state index contributed by atoms with van der Waals surface area (Å²) in [7, 11) is 1.83. The van der Waals surface area contributed by atoms with Gasteiger partial charge in [0.15, 0.2) is 0 Å². The molecule has 2 aliphatic rings. The normalized spacial score (nSPS) is 26.5. The van der Waals surface area contributed by atoms with Crippen LogP contribution in [-0.2, 0) is 4.74 Å². The van der Waals surface area contributed by atoms with Crippen molar-refractivity contribution in [1.29, 1.82) is 0 Å². The van der Waals surface area contributed by atoms with Crippen molar-refractivity contribution in [2.24, 2.45) is 11.8 Å². The van der Waals surface area contributed by atoms with Crippen molar-refractivity contribution in [1.82, 2.24) is 5.32 Å². The molecule has 1 unspecified atom stereocenters. The molecule has 2 rings (SSSR count). The molecule has 2 saturated carbocycles. The Morgan fingerprint density at radius 1 is 1.00 bits per heavy atom. The molecule has 0 amide bonds. The molecular formula is C15H29NO. The third kappa shape index (κ3) is 4.26. The summed E-state index contributed by atoms with van der Waals surface area (Å²) in [5.41, 5.74) is 0. The topological polar surface area (TPSA) is 21.3 Å². The van der Waals surface area contributed by atoms with E-state index in [4.69, 9.17) is 4.74 Å². The van der Waals surface area contributed by atoms with E-state index in [1.807, 2.05) is 7.11 Å². The van der Waals surface area contributed by atoms with E-state index in [1.54, 1.807) is 0 Å². The van der Waals surface area contributed by atoms with E-state index in [9.17, 15) is 0 Å². The molecule has 2 fully saturated rings. The standard InChI is InChI=1S/C15H29NO/c1-12(13-7-5-3-4-6-8-13)16-15(11-17-2)14-9-10-14/h12-16H,3-11H2,1-2H3/t12-,15?/m1/s1. The molecule has 0 aromatic carbocycles. The van der Waals surface area contributed by atoms with Crippen LogP contribution in [-0.4, -0.2) is 25.8 Å². The quantitative estimate of drug-likeness (QED) is 0.718. The molecular weight excluding hydrogens is 210 g/mol. The van der Waals surface area contributed by atoms with Gasteiger partial charge in [-0.15, -0.1) is 0 Å². The van der Waals surface area contributed by atoms with Crippen LogP contribution in [0.15, 0.2) is 0 Å². The van der Waals surface area contributed by atoms with E-state index in [-0.39, 0.29) is 0 Å². The van der Waals surface area contributed by atoms with Gasteiger partial charge in [-0.05, 0) is 44.4 Å². The lowest BCUT2D eigenvalue weighted by molar-refractivity contribution is 0.144. The highest BCUT2D eigenvalue weighted by molar-refractivity contribution is 4.89. The van der Waals surface area contributed by atoms with Crippen molar-refractivity contribution in [2.75, 3.05) is 13.7 Å². The third-order valence-electron chi connectivity index (χ3n) is 4.62. The van der Waals surface area contributed by atoms with Gasteiger partial charge in [0.1, 0.15) is 0 Å². The molecule has 2 heteroatoms. The summed E-state index contributed by atoms with van der Waals surface area (Å²) in [6.45, 7) is 3.28. The fourth-order valence-corrected chi connectivity index (χ4v) is 3.28. The van der Waals surface area contributed by atoms with Gasteiger partial charge in [0, 0.05) is 19.2 Å². The lowest BCUT2D eigenvalue weighted by Gasteiger charge is -2.28. The monoisotopic (exact) mass is 239 g/mol. The van der Waals surface area contributed by atoms with Crippen LogP contribution < -0.4 is 5.32 Å². The van der Waals surface area contributed by atoms with Crippen LogP contribution in [0.2, 0.25) is 0 Å². The van der Waals surface area contributed by atoms with Crippen LogP contribution in [0.4, 0.5) is 0 Å². The summed E-state index contributed by atoms with van der Waals surface area (Å²) in [6.07, 6.45) is 11.4. The highest BCUT2D eigenvalue weighted by Gasteiger charge is 2.33. The number of nitrogens with one attached hydrogen (secondary N) is 1. The Hall–Kier alpha value is -0.0800. The predicted octanol–water partition coefficient (Wildman–Crippen LogP) is 3.36. The van der Waals surface area contributed by atoms with Crippen LogP contribution in [0.25, 0.3) is 0 Å². The summed E-state index contributed by atoms with van der Waals surface area (Å²) in [4.78, 5) is 0.